The van der Waals surface area contributed by atoms with Crippen LogP contribution in [0.25, 0.3) is 0 Å². The molecule has 17 heavy (non-hydrogen) atoms. The van der Waals surface area contributed by atoms with Crippen LogP contribution in [0.2, 0.25) is 0 Å². The Morgan fingerprint density at radius 3 is 2.71 bits per heavy atom. The number of benzene rings is 1. The van der Waals surface area contributed by atoms with E-state index in [-0.39, 0.29) is 0 Å². The number of rotatable bonds is 4. The summed E-state index contributed by atoms with van der Waals surface area (Å²) in [5.41, 5.74) is 1.12. The highest BCUT2D eigenvalue weighted by atomic mass is 79.9. The number of carbonyl (C=O) groups excluding carboxylic acids is 1. The average molecular weight is 308 g/mol. The van der Waals surface area contributed by atoms with E-state index in [1.807, 2.05) is 0 Å². The number of aliphatic hydroxyl groups is 1. The van der Waals surface area contributed by atoms with Gasteiger partial charge in [0.2, 0.25) is 0 Å². The van der Waals surface area contributed by atoms with E-state index in [9.17, 15) is 13.6 Å². The summed E-state index contributed by atoms with van der Waals surface area (Å²) in [4.78, 5) is 11.6. The van der Waals surface area contributed by atoms with E-state index in [1.165, 1.54) is 0 Å². The fraction of sp³-hybridized carbons (Fsp3) is 0.364. The number of aryl methyl sites for hydroxylation is 1. The van der Waals surface area contributed by atoms with Crippen molar-refractivity contribution in [1.29, 1.82) is 0 Å². The second-order valence-corrected chi connectivity index (χ2v) is 4.49. The Morgan fingerprint density at radius 1 is 1.53 bits per heavy atom. The maximum Gasteiger partial charge on any atom is 0.265 e. The topological polar surface area (TPSA) is 49.3 Å². The predicted octanol–water partition coefficient (Wildman–Crippen LogP) is 2.11. The van der Waals surface area contributed by atoms with Gasteiger partial charge in [0.05, 0.1) is 0 Å². The van der Waals surface area contributed by atoms with Crippen LogP contribution in [-0.4, -0.2) is 30.1 Å². The third-order valence-corrected chi connectivity index (χ3v) is 2.69. The van der Waals surface area contributed by atoms with Crippen molar-refractivity contribution >= 4 is 21.8 Å². The molecule has 0 saturated carbocycles. The van der Waals surface area contributed by atoms with E-state index in [2.05, 4.69) is 21.2 Å². The van der Waals surface area contributed by atoms with Gasteiger partial charge in [-0.15, -0.1) is 0 Å². The molecule has 6 heteroatoms. The molecule has 1 unspecified atom stereocenters. The van der Waals surface area contributed by atoms with E-state index >= 15 is 0 Å². The molecule has 1 atom stereocenters. The Labute approximate surface area is 106 Å². The van der Waals surface area contributed by atoms with Crippen LogP contribution in [0.1, 0.15) is 15.9 Å². The van der Waals surface area contributed by atoms with Crippen LogP contribution in [0, 0.1) is 6.92 Å². The number of nitrogens with one attached hydrogen (secondary N) is 1. The minimum atomic E-state index is -2.86. The van der Waals surface area contributed by atoms with E-state index in [0.29, 0.717) is 5.56 Å². The summed E-state index contributed by atoms with van der Waals surface area (Å²) in [6, 6.07) is 5.02. The van der Waals surface area contributed by atoms with E-state index in [0.717, 1.165) is 10.0 Å². The van der Waals surface area contributed by atoms with Crippen molar-refractivity contribution in [2.24, 2.45) is 0 Å². The number of halogens is 3. The molecule has 2 N–H and O–H groups in total. The standard InChI is InChI=1S/C11H12BrF2NO2/c1-6-4-7(12)2-3-8(6)11(17)15-5-9(16)10(13)14/h2-4,9-10,16H,5H2,1H3,(H,15,17). The third kappa shape index (κ3) is 4.05. The summed E-state index contributed by atoms with van der Waals surface area (Å²) < 4.78 is 24.8. The summed E-state index contributed by atoms with van der Waals surface area (Å²) >= 11 is 3.26. The molecular formula is C11H12BrF2NO2. The first-order chi connectivity index (χ1) is 7.91. The number of carbonyl (C=O) groups is 1. The first kappa shape index (κ1) is 14.1. The normalized spacial score (nSPS) is 12.6. The van der Waals surface area contributed by atoms with Gasteiger partial charge in [-0.3, -0.25) is 4.79 Å². The first-order valence-corrected chi connectivity index (χ1v) is 5.71. The van der Waals surface area contributed by atoms with Crippen molar-refractivity contribution in [3.05, 3.63) is 33.8 Å². The molecule has 0 saturated heterocycles. The lowest BCUT2D eigenvalue weighted by Crippen LogP contribution is -2.36. The number of hydrogen-bond acceptors (Lipinski definition) is 2. The summed E-state index contributed by atoms with van der Waals surface area (Å²) in [5, 5.41) is 11.1. The lowest BCUT2D eigenvalue weighted by molar-refractivity contribution is -0.00270. The monoisotopic (exact) mass is 307 g/mol. The van der Waals surface area contributed by atoms with Crippen molar-refractivity contribution in [2.45, 2.75) is 19.5 Å². The quantitative estimate of drug-likeness (QED) is 0.895. The van der Waals surface area contributed by atoms with Gasteiger partial charge in [-0.1, -0.05) is 15.9 Å². The van der Waals surface area contributed by atoms with Crippen LogP contribution in [0.5, 0.6) is 0 Å². The lowest BCUT2D eigenvalue weighted by atomic mass is 10.1. The molecule has 0 aliphatic heterocycles. The molecule has 0 bridgehead atoms. The van der Waals surface area contributed by atoms with Gasteiger partial charge < -0.3 is 10.4 Å². The Bertz CT molecular complexity index is 412. The van der Waals surface area contributed by atoms with Crippen LogP contribution in [0.15, 0.2) is 22.7 Å². The first-order valence-electron chi connectivity index (χ1n) is 4.92. The molecule has 0 fully saturated rings. The zero-order valence-corrected chi connectivity index (χ0v) is 10.7. The number of hydrogen-bond donors (Lipinski definition) is 2. The smallest absolute Gasteiger partial charge is 0.265 e. The minimum Gasteiger partial charge on any atom is -0.385 e. The third-order valence-electron chi connectivity index (χ3n) is 2.20. The second-order valence-electron chi connectivity index (χ2n) is 3.57. The number of amides is 1. The molecule has 94 valence electrons. The average Bonchev–Trinajstić information content (AvgIpc) is 2.25. The van der Waals surface area contributed by atoms with Crippen LogP contribution in [0.4, 0.5) is 8.78 Å². The molecule has 1 aromatic rings. The highest BCUT2D eigenvalue weighted by Crippen LogP contribution is 2.15. The highest BCUT2D eigenvalue weighted by molar-refractivity contribution is 9.10. The fourth-order valence-electron chi connectivity index (χ4n) is 1.26. The molecule has 0 aromatic heterocycles. The largest absolute Gasteiger partial charge is 0.385 e. The fourth-order valence-corrected chi connectivity index (χ4v) is 1.74. The van der Waals surface area contributed by atoms with Gasteiger partial charge >= 0.3 is 0 Å². The molecule has 0 aliphatic rings. The van der Waals surface area contributed by atoms with E-state index in [1.54, 1.807) is 25.1 Å². The van der Waals surface area contributed by atoms with Crippen LogP contribution in [-0.2, 0) is 0 Å². The molecule has 0 radical (unpaired) electrons. The van der Waals surface area contributed by atoms with Gasteiger partial charge in [-0.25, -0.2) is 8.78 Å². The molecular weight excluding hydrogens is 296 g/mol. The van der Waals surface area contributed by atoms with Gasteiger partial charge in [0, 0.05) is 16.6 Å². The zero-order chi connectivity index (χ0) is 13.0. The maximum absolute atomic E-state index is 12.0. The lowest BCUT2D eigenvalue weighted by Gasteiger charge is -2.11. The Hall–Kier alpha value is -1.01. The number of alkyl halides is 2. The molecule has 0 aliphatic carbocycles. The summed E-state index contributed by atoms with van der Waals surface area (Å²) in [6.45, 7) is 1.27. The van der Waals surface area contributed by atoms with Gasteiger partial charge in [0.25, 0.3) is 12.3 Å². The van der Waals surface area contributed by atoms with Gasteiger partial charge in [0.15, 0.2) is 0 Å². The summed E-state index contributed by atoms with van der Waals surface area (Å²) in [6.07, 6.45) is -4.70. The van der Waals surface area contributed by atoms with Gasteiger partial charge in [-0.05, 0) is 30.7 Å². The Balaban J connectivity index is 2.64. The Kier molecular flexibility index (Phi) is 5.02. The van der Waals surface area contributed by atoms with Crippen molar-refractivity contribution < 1.29 is 18.7 Å². The molecule has 0 spiro atoms. The van der Waals surface area contributed by atoms with Crippen LogP contribution in [0.3, 0.4) is 0 Å². The van der Waals surface area contributed by atoms with Crippen molar-refractivity contribution in [2.75, 3.05) is 6.54 Å². The van der Waals surface area contributed by atoms with Crippen LogP contribution < -0.4 is 5.32 Å². The minimum absolute atomic E-state index is 0.398. The number of aliphatic hydroxyl groups excluding tert-OH is 1. The molecule has 1 amide bonds. The van der Waals surface area contributed by atoms with Crippen molar-refractivity contribution in [1.82, 2.24) is 5.32 Å². The molecule has 0 heterocycles. The van der Waals surface area contributed by atoms with E-state index < -0.39 is 25.0 Å². The summed E-state index contributed by atoms with van der Waals surface area (Å²) in [5.74, 6) is -0.477. The highest BCUT2D eigenvalue weighted by Gasteiger charge is 2.18. The van der Waals surface area contributed by atoms with Crippen molar-refractivity contribution in [3.63, 3.8) is 0 Å². The maximum atomic E-state index is 12.0. The Morgan fingerprint density at radius 2 is 2.18 bits per heavy atom. The summed E-state index contributed by atoms with van der Waals surface area (Å²) in [7, 11) is 0. The second kappa shape index (κ2) is 6.07. The van der Waals surface area contributed by atoms with Crippen molar-refractivity contribution in [3.8, 4) is 0 Å². The van der Waals surface area contributed by atoms with E-state index in [4.69, 9.17) is 5.11 Å². The zero-order valence-electron chi connectivity index (χ0n) is 9.08. The van der Waals surface area contributed by atoms with Crippen LogP contribution >= 0.6 is 15.9 Å². The molecule has 1 rings (SSSR count). The predicted molar refractivity (Wildman–Crippen MR) is 63.2 cm³/mol. The van der Waals surface area contributed by atoms with Gasteiger partial charge in [-0.2, -0.15) is 0 Å². The van der Waals surface area contributed by atoms with Gasteiger partial charge in [0.1, 0.15) is 6.10 Å². The molecule has 1 aromatic carbocycles. The molecule has 3 nitrogen and oxygen atoms in total. The SMILES string of the molecule is Cc1cc(Br)ccc1C(=O)NCC(O)C(F)F.